The molecule has 0 heterocycles. The van der Waals surface area contributed by atoms with Crippen LogP contribution in [-0.2, 0) is 17.3 Å². The lowest BCUT2D eigenvalue weighted by molar-refractivity contribution is 0.651. The highest BCUT2D eigenvalue weighted by atomic mass is 15.1. The minimum Gasteiger partial charge on any atom is -0.309 e. The Labute approximate surface area is 351 Å². The Bertz CT molecular complexity index is 2880. The molecule has 290 valence electrons. The fourth-order valence-corrected chi connectivity index (χ4v) is 10.7. The van der Waals surface area contributed by atoms with E-state index >= 15 is 0 Å². The first-order chi connectivity index (χ1) is 28.4. The molecule has 0 spiro atoms. The molecule has 2 aliphatic rings. The van der Waals surface area contributed by atoms with Gasteiger partial charge in [-0.25, -0.2) is 0 Å². The van der Waals surface area contributed by atoms with Gasteiger partial charge in [-0.1, -0.05) is 155 Å². The van der Waals surface area contributed by atoms with E-state index in [1.54, 1.807) is 0 Å². The Kier molecular flexibility index (Phi) is 8.62. The maximum absolute atomic E-state index is 2.58. The first-order valence-corrected chi connectivity index (χ1v) is 21.4. The van der Waals surface area contributed by atoms with Gasteiger partial charge in [-0.3, -0.25) is 0 Å². The molecule has 2 aliphatic carbocycles. The number of anilines is 3. The van der Waals surface area contributed by atoms with Crippen molar-refractivity contribution in [2.24, 2.45) is 0 Å². The van der Waals surface area contributed by atoms with Crippen molar-refractivity contribution in [3.8, 4) is 22.3 Å². The summed E-state index contributed by atoms with van der Waals surface area (Å²) in [5.74, 6) is 0.286. The number of benzene rings is 8. The van der Waals surface area contributed by atoms with Crippen molar-refractivity contribution < 1.29 is 0 Å². The molecule has 0 aliphatic heterocycles. The molecule has 0 atom stereocenters. The Morgan fingerprint density at radius 2 is 0.881 bits per heavy atom. The van der Waals surface area contributed by atoms with Crippen LogP contribution in [0.25, 0.3) is 33.0 Å². The molecule has 0 N–H and O–H groups in total. The van der Waals surface area contributed by atoms with E-state index in [9.17, 15) is 0 Å². The summed E-state index contributed by atoms with van der Waals surface area (Å²) in [6.07, 6.45) is 0.961. The lowest BCUT2D eigenvalue weighted by Crippen LogP contribution is -2.18. The van der Waals surface area contributed by atoms with Crippen LogP contribution in [0.5, 0.6) is 0 Å². The molecular formula is C58H53N. The molecule has 0 radical (unpaired) electrons. The summed E-state index contributed by atoms with van der Waals surface area (Å²) in [5, 5.41) is 2.58. The minimum atomic E-state index is -0.206. The molecule has 0 saturated heterocycles. The van der Waals surface area contributed by atoms with Gasteiger partial charge in [-0.05, 0) is 153 Å². The molecule has 8 aromatic rings. The molecular weight excluding hydrogens is 711 g/mol. The predicted molar refractivity (Wildman–Crippen MR) is 251 cm³/mol. The molecule has 0 bridgehead atoms. The van der Waals surface area contributed by atoms with Crippen molar-refractivity contribution in [1.29, 1.82) is 0 Å². The van der Waals surface area contributed by atoms with Gasteiger partial charge in [0.05, 0.1) is 5.69 Å². The van der Waals surface area contributed by atoms with Gasteiger partial charge < -0.3 is 4.90 Å². The van der Waals surface area contributed by atoms with E-state index in [2.05, 4.69) is 218 Å². The summed E-state index contributed by atoms with van der Waals surface area (Å²) in [5.41, 5.74) is 23.9. The molecule has 8 aromatic carbocycles. The van der Waals surface area contributed by atoms with E-state index in [1.807, 2.05) is 0 Å². The lowest BCUT2D eigenvalue weighted by Gasteiger charge is -2.31. The zero-order valence-corrected chi connectivity index (χ0v) is 35.7. The Balaban J connectivity index is 1.11. The molecule has 59 heavy (non-hydrogen) atoms. The first kappa shape index (κ1) is 37.1. The van der Waals surface area contributed by atoms with E-state index in [0.29, 0.717) is 0 Å². The predicted octanol–water partition coefficient (Wildman–Crippen LogP) is 15.5. The van der Waals surface area contributed by atoms with E-state index in [1.165, 1.54) is 111 Å². The van der Waals surface area contributed by atoms with Gasteiger partial charge in [-0.15, -0.1) is 0 Å². The highest BCUT2D eigenvalue weighted by molar-refractivity contribution is 6.10. The summed E-state index contributed by atoms with van der Waals surface area (Å²) in [6, 6.07) is 59.7. The van der Waals surface area contributed by atoms with Crippen LogP contribution in [0.2, 0.25) is 0 Å². The molecule has 1 heteroatoms. The second kappa shape index (κ2) is 13.7. The molecule has 0 saturated carbocycles. The third-order valence-corrected chi connectivity index (χ3v) is 14.0. The van der Waals surface area contributed by atoms with Crippen LogP contribution in [0.3, 0.4) is 0 Å². The van der Waals surface area contributed by atoms with Gasteiger partial charge in [0.15, 0.2) is 0 Å². The molecule has 0 fully saturated rings. The third-order valence-electron chi connectivity index (χ3n) is 14.0. The second-order valence-corrected chi connectivity index (χ2v) is 18.3. The Hall–Kier alpha value is -6.18. The standard InChI is InChI=1S/C58H53N/c1-36-19-9-13-23-41(36)46(42-24-14-10-20-37(42)2)31-40-29-30-43-47-33-51-48(34-50(47)57(5,6)49(43)32-40)56-45-26-16-15-25-44(45)55(35-52(56)58(51,7)8)59(53-27-17-11-21-38(53)3)54-28-18-12-22-39(54)4/h9-30,32-35,46H,31H2,1-8H3. The zero-order valence-electron chi connectivity index (χ0n) is 35.7. The Morgan fingerprint density at radius 3 is 1.47 bits per heavy atom. The van der Waals surface area contributed by atoms with Gasteiger partial charge in [0.2, 0.25) is 0 Å². The first-order valence-electron chi connectivity index (χ1n) is 21.4. The van der Waals surface area contributed by atoms with Crippen molar-refractivity contribution in [1.82, 2.24) is 0 Å². The van der Waals surface area contributed by atoms with Gasteiger partial charge in [0.25, 0.3) is 0 Å². The summed E-state index contributed by atoms with van der Waals surface area (Å²) in [7, 11) is 0. The monoisotopic (exact) mass is 763 g/mol. The van der Waals surface area contributed by atoms with Crippen molar-refractivity contribution in [3.63, 3.8) is 0 Å². The Morgan fingerprint density at radius 1 is 0.407 bits per heavy atom. The smallest absolute Gasteiger partial charge is 0.0543 e. The average Bonchev–Trinajstić information content (AvgIpc) is 3.59. The zero-order chi connectivity index (χ0) is 40.8. The highest BCUT2D eigenvalue weighted by Gasteiger charge is 2.43. The van der Waals surface area contributed by atoms with E-state index in [-0.39, 0.29) is 16.7 Å². The van der Waals surface area contributed by atoms with Gasteiger partial charge >= 0.3 is 0 Å². The summed E-state index contributed by atoms with van der Waals surface area (Å²) in [4.78, 5) is 2.51. The SMILES string of the molecule is Cc1ccccc1C(Cc1ccc2c(c1)C(C)(C)c1cc3c(cc1-2)C(C)(C)c1cc(N(c2ccccc2C)c2ccccc2C)c2ccccc2c1-3)c1ccccc1C. The molecule has 10 rings (SSSR count). The van der Waals surface area contributed by atoms with Crippen molar-refractivity contribution >= 4 is 27.8 Å². The maximum Gasteiger partial charge on any atom is 0.0543 e. The van der Waals surface area contributed by atoms with Crippen molar-refractivity contribution in [3.05, 3.63) is 219 Å². The summed E-state index contributed by atoms with van der Waals surface area (Å²) >= 11 is 0. The van der Waals surface area contributed by atoms with Crippen LogP contribution >= 0.6 is 0 Å². The van der Waals surface area contributed by atoms with E-state index in [0.717, 1.165) is 6.42 Å². The number of nitrogens with zero attached hydrogens (tertiary/aromatic N) is 1. The van der Waals surface area contributed by atoms with Gasteiger partial charge in [0, 0.05) is 33.5 Å². The number of para-hydroxylation sites is 2. The summed E-state index contributed by atoms with van der Waals surface area (Å²) < 4.78 is 0. The molecule has 1 nitrogen and oxygen atoms in total. The molecule has 0 amide bonds. The van der Waals surface area contributed by atoms with E-state index < -0.39 is 0 Å². The number of aryl methyl sites for hydroxylation is 4. The lowest BCUT2D eigenvalue weighted by atomic mass is 9.78. The van der Waals surface area contributed by atoms with Crippen molar-refractivity contribution in [2.45, 2.75) is 78.6 Å². The molecule has 0 aromatic heterocycles. The van der Waals surface area contributed by atoms with Gasteiger partial charge in [-0.2, -0.15) is 0 Å². The largest absolute Gasteiger partial charge is 0.309 e. The van der Waals surface area contributed by atoms with Crippen LogP contribution in [0.1, 0.15) is 94.8 Å². The maximum atomic E-state index is 2.58. The van der Waals surface area contributed by atoms with Gasteiger partial charge in [0.1, 0.15) is 0 Å². The highest BCUT2D eigenvalue weighted by Crippen LogP contribution is 2.59. The second-order valence-electron chi connectivity index (χ2n) is 18.3. The van der Waals surface area contributed by atoms with Crippen LogP contribution in [0, 0.1) is 27.7 Å². The van der Waals surface area contributed by atoms with E-state index in [4.69, 9.17) is 0 Å². The topological polar surface area (TPSA) is 3.24 Å². The van der Waals surface area contributed by atoms with Crippen molar-refractivity contribution in [2.75, 3.05) is 4.90 Å². The molecule has 0 unspecified atom stereocenters. The number of fused-ring (bicyclic) bond motifs is 8. The van der Waals surface area contributed by atoms with Crippen LogP contribution in [0.15, 0.2) is 158 Å². The number of hydrogen-bond acceptors (Lipinski definition) is 1. The third kappa shape index (κ3) is 5.73. The van der Waals surface area contributed by atoms with Crippen LogP contribution < -0.4 is 4.90 Å². The normalized spacial score (nSPS) is 14.3. The summed E-state index contributed by atoms with van der Waals surface area (Å²) in [6.45, 7) is 18.7. The number of rotatable bonds is 7. The average molecular weight is 764 g/mol. The quantitative estimate of drug-likeness (QED) is 0.156. The van der Waals surface area contributed by atoms with Crippen LogP contribution in [0.4, 0.5) is 17.1 Å². The minimum absolute atomic E-state index is 0.147. The number of hydrogen-bond donors (Lipinski definition) is 0. The van der Waals surface area contributed by atoms with Crippen LogP contribution in [-0.4, -0.2) is 0 Å². The fourth-order valence-electron chi connectivity index (χ4n) is 10.7. The fraction of sp³-hybridized carbons (Fsp3) is 0.207.